The van der Waals surface area contributed by atoms with Gasteiger partial charge in [-0.05, 0) is 12.8 Å². The molecule has 1 aliphatic rings. The van der Waals surface area contributed by atoms with Gasteiger partial charge in [0.2, 0.25) is 0 Å². The molecule has 3 nitrogen and oxygen atoms in total. The van der Waals surface area contributed by atoms with Crippen molar-refractivity contribution in [3.63, 3.8) is 0 Å². The van der Waals surface area contributed by atoms with Crippen LogP contribution >= 0.6 is 0 Å². The van der Waals surface area contributed by atoms with Gasteiger partial charge in [-0.15, -0.1) is 0 Å². The second-order valence-electron chi connectivity index (χ2n) is 3.97. The van der Waals surface area contributed by atoms with Gasteiger partial charge >= 0.3 is 0 Å². The van der Waals surface area contributed by atoms with Crippen molar-refractivity contribution in [3.05, 3.63) is 0 Å². The van der Waals surface area contributed by atoms with Crippen LogP contribution in [0.3, 0.4) is 0 Å². The monoisotopic (exact) mass is 174 g/mol. The summed E-state index contributed by atoms with van der Waals surface area (Å²) in [6, 6.07) is 0. The van der Waals surface area contributed by atoms with Crippen LogP contribution in [0.5, 0.6) is 0 Å². The Morgan fingerprint density at radius 3 is 2.67 bits per heavy atom. The van der Waals surface area contributed by atoms with Crippen molar-refractivity contribution in [2.75, 3.05) is 13.2 Å². The van der Waals surface area contributed by atoms with Gasteiger partial charge in [-0.1, -0.05) is 13.8 Å². The lowest BCUT2D eigenvalue weighted by Crippen LogP contribution is -2.29. The van der Waals surface area contributed by atoms with E-state index in [2.05, 4.69) is 13.8 Å². The summed E-state index contributed by atoms with van der Waals surface area (Å²) in [5, 5.41) is 8.83. The number of aliphatic hydroxyl groups is 1. The van der Waals surface area contributed by atoms with E-state index in [9.17, 15) is 0 Å². The van der Waals surface area contributed by atoms with Crippen LogP contribution < -0.4 is 0 Å². The molecular weight excluding hydrogens is 156 g/mol. The van der Waals surface area contributed by atoms with Crippen LogP contribution in [0, 0.1) is 5.92 Å². The van der Waals surface area contributed by atoms with Crippen LogP contribution in [0.1, 0.15) is 27.2 Å². The summed E-state index contributed by atoms with van der Waals surface area (Å²) in [6.45, 7) is 6.75. The molecule has 2 unspecified atom stereocenters. The van der Waals surface area contributed by atoms with Crippen LogP contribution in [0.2, 0.25) is 0 Å². The summed E-state index contributed by atoms with van der Waals surface area (Å²) in [6.07, 6.45) is 0.748. The lowest BCUT2D eigenvalue weighted by atomic mass is 10.0. The van der Waals surface area contributed by atoms with Crippen molar-refractivity contribution in [1.29, 1.82) is 0 Å². The summed E-state index contributed by atoms with van der Waals surface area (Å²) >= 11 is 0. The number of ether oxygens (including phenoxy) is 2. The van der Waals surface area contributed by atoms with Gasteiger partial charge in [0.15, 0.2) is 5.79 Å². The molecule has 72 valence electrons. The lowest BCUT2D eigenvalue weighted by Gasteiger charge is -2.24. The molecule has 12 heavy (non-hydrogen) atoms. The predicted octanol–water partition coefficient (Wildman–Crippen LogP) is 1.16. The minimum atomic E-state index is -0.471. The Morgan fingerprint density at radius 2 is 2.25 bits per heavy atom. The van der Waals surface area contributed by atoms with Gasteiger partial charge in [0.05, 0.1) is 13.2 Å². The van der Waals surface area contributed by atoms with Crippen molar-refractivity contribution in [3.8, 4) is 0 Å². The second-order valence-corrected chi connectivity index (χ2v) is 3.97. The summed E-state index contributed by atoms with van der Waals surface area (Å²) in [5.41, 5.74) is 0. The van der Waals surface area contributed by atoms with Gasteiger partial charge in [0.25, 0.3) is 0 Å². The van der Waals surface area contributed by atoms with E-state index in [-0.39, 0.29) is 12.7 Å². The van der Waals surface area contributed by atoms with Crippen LogP contribution in [-0.2, 0) is 9.47 Å². The molecule has 0 bridgehead atoms. The molecule has 0 radical (unpaired) electrons. The van der Waals surface area contributed by atoms with E-state index in [1.165, 1.54) is 0 Å². The fourth-order valence-corrected chi connectivity index (χ4v) is 1.63. The molecule has 0 amide bonds. The average molecular weight is 174 g/mol. The van der Waals surface area contributed by atoms with E-state index < -0.39 is 5.79 Å². The van der Waals surface area contributed by atoms with Gasteiger partial charge in [-0.25, -0.2) is 0 Å². The van der Waals surface area contributed by atoms with Crippen molar-refractivity contribution >= 4 is 0 Å². The van der Waals surface area contributed by atoms with Gasteiger partial charge in [-0.3, -0.25) is 0 Å². The Hall–Kier alpha value is -0.120. The van der Waals surface area contributed by atoms with Crippen LogP contribution in [0.25, 0.3) is 0 Å². The molecule has 1 heterocycles. The zero-order valence-corrected chi connectivity index (χ0v) is 8.04. The van der Waals surface area contributed by atoms with Crippen LogP contribution in [-0.4, -0.2) is 30.2 Å². The maximum atomic E-state index is 8.83. The smallest absolute Gasteiger partial charge is 0.166 e. The zero-order chi connectivity index (χ0) is 9.19. The molecule has 3 heteroatoms. The maximum absolute atomic E-state index is 8.83. The van der Waals surface area contributed by atoms with E-state index in [1.807, 2.05) is 6.92 Å². The Labute approximate surface area is 73.7 Å². The molecule has 2 atom stereocenters. The molecule has 1 fully saturated rings. The first-order chi connectivity index (χ1) is 5.56. The van der Waals surface area contributed by atoms with Crippen molar-refractivity contribution in [2.24, 2.45) is 5.92 Å². The standard InChI is InChI=1S/C9H18O3/c1-7(2)4-9(3)11-6-8(5-10)12-9/h7-8,10H,4-6H2,1-3H3. The summed E-state index contributed by atoms with van der Waals surface area (Å²) in [4.78, 5) is 0. The van der Waals surface area contributed by atoms with Gasteiger partial charge in [0.1, 0.15) is 6.10 Å². The minimum Gasteiger partial charge on any atom is -0.394 e. The molecule has 0 aromatic heterocycles. The molecule has 1 saturated heterocycles. The van der Waals surface area contributed by atoms with Gasteiger partial charge < -0.3 is 14.6 Å². The lowest BCUT2D eigenvalue weighted by molar-refractivity contribution is -0.167. The molecule has 1 rings (SSSR count). The highest BCUT2D eigenvalue weighted by Crippen LogP contribution is 2.29. The quantitative estimate of drug-likeness (QED) is 0.697. The van der Waals surface area contributed by atoms with Crippen molar-refractivity contribution < 1.29 is 14.6 Å². The third kappa shape index (κ3) is 2.44. The molecule has 0 saturated carbocycles. The normalized spacial score (nSPS) is 36.2. The predicted molar refractivity (Wildman–Crippen MR) is 45.8 cm³/mol. The molecule has 0 aromatic rings. The molecule has 0 spiro atoms. The Bertz CT molecular complexity index is 147. The Kier molecular flexibility index (Phi) is 3.09. The van der Waals surface area contributed by atoms with E-state index in [0.29, 0.717) is 12.5 Å². The molecular formula is C9H18O3. The summed E-state index contributed by atoms with van der Waals surface area (Å²) in [5.74, 6) is 0.0779. The third-order valence-corrected chi connectivity index (χ3v) is 1.97. The molecule has 1 aliphatic heterocycles. The second kappa shape index (κ2) is 3.73. The molecule has 0 aromatic carbocycles. The largest absolute Gasteiger partial charge is 0.394 e. The zero-order valence-electron chi connectivity index (χ0n) is 8.04. The van der Waals surface area contributed by atoms with Gasteiger partial charge in [0, 0.05) is 6.42 Å². The third-order valence-electron chi connectivity index (χ3n) is 1.97. The first-order valence-corrected chi connectivity index (χ1v) is 4.48. The van der Waals surface area contributed by atoms with Crippen molar-refractivity contribution in [2.45, 2.75) is 39.1 Å². The number of aliphatic hydroxyl groups excluding tert-OH is 1. The van der Waals surface area contributed by atoms with E-state index in [1.54, 1.807) is 0 Å². The topological polar surface area (TPSA) is 38.7 Å². The molecule has 0 aliphatic carbocycles. The summed E-state index contributed by atoms with van der Waals surface area (Å²) in [7, 11) is 0. The minimum absolute atomic E-state index is 0.0493. The van der Waals surface area contributed by atoms with Crippen molar-refractivity contribution in [1.82, 2.24) is 0 Å². The SMILES string of the molecule is CC(C)CC1(C)OCC(CO)O1. The average Bonchev–Trinajstić information content (AvgIpc) is 2.30. The molecule has 1 N–H and O–H groups in total. The fourth-order valence-electron chi connectivity index (χ4n) is 1.63. The number of hydrogen-bond donors (Lipinski definition) is 1. The number of rotatable bonds is 3. The van der Waals surface area contributed by atoms with E-state index in [0.717, 1.165) is 6.42 Å². The van der Waals surface area contributed by atoms with E-state index in [4.69, 9.17) is 14.6 Å². The highest BCUT2D eigenvalue weighted by molar-refractivity contribution is 4.75. The van der Waals surface area contributed by atoms with Crippen LogP contribution in [0.15, 0.2) is 0 Å². The van der Waals surface area contributed by atoms with Gasteiger partial charge in [-0.2, -0.15) is 0 Å². The summed E-state index contributed by atoms with van der Waals surface area (Å²) < 4.78 is 11.0. The maximum Gasteiger partial charge on any atom is 0.166 e. The Balaban J connectivity index is 2.41. The Morgan fingerprint density at radius 1 is 1.58 bits per heavy atom. The highest BCUT2D eigenvalue weighted by atomic mass is 16.7. The van der Waals surface area contributed by atoms with Crippen LogP contribution in [0.4, 0.5) is 0 Å². The van der Waals surface area contributed by atoms with E-state index >= 15 is 0 Å². The fraction of sp³-hybridized carbons (Fsp3) is 1.00. The first kappa shape index (κ1) is 9.96. The number of hydrogen-bond acceptors (Lipinski definition) is 3. The highest BCUT2D eigenvalue weighted by Gasteiger charge is 2.37. The first-order valence-electron chi connectivity index (χ1n) is 4.48.